The first-order chi connectivity index (χ1) is 15.8. The van der Waals surface area contributed by atoms with E-state index in [2.05, 4.69) is 34.9 Å². The highest BCUT2D eigenvalue weighted by Crippen LogP contribution is 2.44. The lowest BCUT2D eigenvalue weighted by molar-refractivity contribution is -0.143. The number of nitrogens with one attached hydrogen (secondary N) is 2. The van der Waals surface area contributed by atoms with Crippen molar-refractivity contribution in [2.45, 2.75) is 58.0 Å². The third-order valence-corrected chi connectivity index (χ3v) is 6.13. The molecule has 0 heterocycles. The topological polar surface area (TPSA) is 105 Å². The van der Waals surface area contributed by atoms with E-state index in [-0.39, 0.29) is 36.8 Å². The lowest BCUT2D eigenvalue weighted by atomic mass is 9.98. The maximum absolute atomic E-state index is 12.5. The fourth-order valence-corrected chi connectivity index (χ4v) is 4.25. The van der Waals surface area contributed by atoms with Crippen LogP contribution in [0.1, 0.15) is 57.1 Å². The number of aliphatic carboxylic acids is 1. The summed E-state index contributed by atoms with van der Waals surface area (Å²) in [5.41, 5.74) is 4.63. The maximum atomic E-state index is 12.5. The highest BCUT2D eigenvalue weighted by atomic mass is 16.5. The first kappa shape index (κ1) is 24.3. The second-order valence-electron chi connectivity index (χ2n) is 8.74. The minimum absolute atomic E-state index is 0.0158. The lowest BCUT2D eigenvalue weighted by Crippen LogP contribution is -2.45. The number of carboxylic acids is 1. The van der Waals surface area contributed by atoms with Gasteiger partial charge >= 0.3 is 12.1 Å². The molecule has 7 heteroatoms. The zero-order chi connectivity index (χ0) is 24.0. The molecule has 0 saturated heterocycles. The van der Waals surface area contributed by atoms with E-state index >= 15 is 0 Å². The van der Waals surface area contributed by atoms with Crippen molar-refractivity contribution in [3.63, 3.8) is 0 Å². The van der Waals surface area contributed by atoms with Gasteiger partial charge in [-0.15, -0.1) is 0 Å². The molecule has 0 aromatic heterocycles. The summed E-state index contributed by atoms with van der Waals surface area (Å²) in [6.07, 6.45) is 0.634. The smallest absolute Gasteiger partial charge is 0.407 e. The molecule has 2 atom stereocenters. The minimum atomic E-state index is -1.05. The molecule has 1 aliphatic rings. The van der Waals surface area contributed by atoms with Gasteiger partial charge in [-0.1, -0.05) is 69.3 Å². The van der Waals surface area contributed by atoms with Gasteiger partial charge in [-0.2, -0.15) is 0 Å². The summed E-state index contributed by atoms with van der Waals surface area (Å²) in [7, 11) is 0. The Morgan fingerprint density at radius 1 is 0.970 bits per heavy atom. The third kappa shape index (κ3) is 5.92. The van der Waals surface area contributed by atoms with Crippen molar-refractivity contribution in [3.8, 4) is 11.1 Å². The van der Waals surface area contributed by atoms with Crippen LogP contribution in [0, 0.1) is 5.92 Å². The molecule has 0 aliphatic heterocycles. The number of carboxylic acid groups (broad SMARTS) is 1. The number of fused-ring (bicyclic) bond motifs is 3. The monoisotopic (exact) mass is 452 g/mol. The van der Waals surface area contributed by atoms with Crippen LogP contribution >= 0.6 is 0 Å². The summed E-state index contributed by atoms with van der Waals surface area (Å²) in [5.74, 6) is -1.63. The summed E-state index contributed by atoms with van der Waals surface area (Å²) in [5, 5.41) is 14.6. The molecule has 1 aliphatic carbocycles. The predicted octanol–water partition coefficient (Wildman–Crippen LogP) is 4.31. The Morgan fingerprint density at radius 3 is 2.06 bits per heavy atom. The molecule has 2 aromatic rings. The van der Waals surface area contributed by atoms with E-state index < -0.39 is 18.1 Å². The number of alkyl carbamates (subject to hydrolysis) is 1. The molecule has 2 amide bonds. The van der Waals surface area contributed by atoms with Crippen molar-refractivity contribution in [1.82, 2.24) is 10.6 Å². The summed E-state index contributed by atoms with van der Waals surface area (Å²) in [4.78, 5) is 35.9. The highest BCUT2D eigenvalue weighted by Gasteiger charge is 2.29. The van der Waals surface area contributed by atoms with Gasteiger partial charge in [-0.05, 0) is 41.0 Å². The summed E-state index contributed by atoms with van der Waals surface area (Å²) in [6.45, 7) is 5.63. The molecule has 0 fully saturated rings. The van der Waals surface area contributed by atoms with Crippen LogP contribution in [0.5, 0.6) is 0 Å². The molecule has 33 heavy (non-hydrogen) atoms. The summed E-state index contributed by atoms with van der Waals surface area (Å²) < 4.78 is 5.58. The van der Waals surface area contributed by atoms with Gasteiger partial charge in [-0.3, -0.25) is 4.79 Å². The number of benzene rings is 2. The number of hydrogen-bond donors (Lipinski definition) is 3. The van der Waals surface area contributed by atoms with Gasteiger partial charge in [0, 0.05) is 18.4 Å². The second-order valence-corrected chi connectivity index (χ2v) is 8.74. The van der Waals surface area contributed by atoms with Crippen LogP contribution < -0.4 is 10.6 Å². The highest BCUT2D eigenvalue weighted by molar-refractivity contribution is 5.83. The van der Waals surface area contributed by atoms with E-state index in [1.807, 2.05) is 31.2 Å². The molecule has 2 unspecified atom stereocenters. The molecule has 0 bridgehead atoms. The first-order valence-corrected chi connectivity index (χ1v) is 11.5. The predicted molar refractivity (Wildman–Crippen MR) is 126 cm³/mol. The number of amides is 2. The maximum Gasteiger partial charge on any atom is 0.407 e. The van der Waals surface area contributed by atoms with Gasteiger partial charge in [0.25, 0.3) is 0 Å². The van der Waals surface area contributed by atoms with Crippen molar-refractivity contribution in [2.24, 2.45) is 5.92 Å². The van der Waals surface area contributed by atoms with Crippen LogP contribution in [0.25, 0.3) is 11.1 Å². The number of hydrogen-bond acceptors (Lipinski definition) is 4. The molecule has 0 radical (unpaired) electrons. The Kier molecular flexibility index (Phi) is 8.09. The number of rotatable bonds is 10. The number of ether oxygens (including phenoxy) is 1. The Balaban J connectivity index is 1.52. The molecule has 7 nitrogen and oxygen atoms in total. The summed E-state index contributed by atoms with van der Waals surface area (Å²) >= 11 is 0. The normalized spacial score (nSPS) is 14.2. The Hall–Kier alpha value is -3.35. The molecular weight excluding hydrogens is 420 g/mol. The molecule has 3 rings (SSSR count). The first-order valence-electron chi connectivity index (χ1n) is 11.5. The SMILES string of the molecule is CCC(CCC(=O)NC(C(=O)O)C(C)C)NC(=O)OCC1c2ccccc2-c2ccccc21. The molecule has 2 aromatic carbocycles. The van der Waals surface area contributed by atoms with Crippen LogP contribution in [-0.2, 0) is 14.3 Å². The van der Waals surface area contributed by atoms with E-state index in [0.717, 1.165) is 11.1 Å². The molecular formula is C26H32N2O5. The second kappa shape index (κ2) is 11.0. The van der Waals surface area contributed by atoms with E-state index in [0.29, 0.717) is 12.8 Å². The van der Waals surface area contributed by atoms with Crippen LogP contribution in [0.4, 0.5) is 4.79 Å². The summed E-state index contributed by atoms with van der Waals surface area (Å²) in [6, 6.07) is 15.1. The van der Waals surface area contributed by atoms with Gasteiger partial charge in [-0.25, -0.2) is 9.59 Å². The van der Waals surface area contributed by atoms with Crippen molar-refractivity contribution >= 4 is 18.0 Å². The van der Waals surface area contributed by atoms with E-state index in [1.165, 1.54) is 11.1 Å². The number of carbonyl (C=O) groups is 3. The molecule has 0 spiro atoms. The van der Waals surface area contributed by atoms with Crippen LogP contribution in [0.2, 0.25) is 0 Å². The fourth-order valence-electron chi connectivity index (χ4n) is 4.25. The van der Waals surface area contributed by atoms with Gasteiger partial charge in [0.1, 0.15) is 12.6 Å². The zero-order valence-electron chi connectivity index (χ0n) is 19.3. The molecule has 3 N–H and O–H groups in total. The van der Waals surface area contributed by atoms with Crippen LogP contribution in [0.3, 0.4) is 0 Å². The molecule has 0 saturated carbocycles. The lowest BCUT2D eigenvalue weighted by Gasteiger charge is -2.20. The molecule has 176 valence electrons. The van der Waals surface area contributed by atoms with Gasteiger partial charge in [0.15, 0.2) is 0 Å². The van der Waals surface area contributed by atoms with Gasteiger partial charge < -0.3 is 20.5 Å². The van der Waals surface area contributed by atoms with Crippen molar-refractivity contribution < 1.29 is 24.2 Å². The minimum Gasteiger partial charge on any atom is -0.480 e. The third-order valence-electron chi connectivity index (χ3n) is 6.13. The van der Waals surface area contributed by atoms with Gasteiger partial charge in [0.2, 0.25) is 5.91 Å². The van der Waals surface area contributed by atoms with Gasteiger partial charge in [0.05, 0.1) is 0 Å². The van der Waals surface area contributed by atoms with Crippen LogP contribution in [0.15, 0.2) is 48.5 Å². The Labute approximate surface area is 194 Å². The van der Waals surface area contributed by atoms with Crippen LogP contribution in [-0.4, -0.2) is 41.8 Å². The van der Waals surface area contributed by atoms with E-state index in [9.17, 15) is 19.5 Å². The van der Waals surface area contributed by atoms with E-state index in [4.69, 9.17) is 4.74 Å². The van der Waals surface area contributed by atoms with E-state index in [1.54, 1.807) is 13.8 Å². The Bertz CT molecular complexity index is 958. The van der Waals surface area contributed by atoms with Crippen molar-refractivity contribution in [1.29, 1.82) is 0 Å². The quantitative estimate of drug-likeness (QED) is 0.498. The number of carbonyl (C=O) groups excluding carboxylic acids is 2. The average molecular weight is 453 g/mol. The zero-order valence-corrected chi connectivity index (χ0v) is 19.3. The standard InChI is InChI=1S/C26H32N2O5/c1-4-17(13-14-23(29)28-24(16(2)3)25(30)31)27-26(32)33-15-22-20-11-7-5-9-18(20)19-10-6-8-12-21(19)22/h5-12,16-17,22,24H,4,13-15H2,1-3H3,(H,27,32)(H,28,29)(H,30,31). The van der Waals surface area contributed by atoms with Crippen molar-refractivity contribution in [3.05, 3.63) is 59.7 Å². The fraction of sp³-hybridized carbons (Fsp3) is 0.423. The van der Waals surface area contributed by atoms with Crippen molar-refractivity contribution in [2.75, 3.05) is 6.61 Å². The average Bonchev–Trinajstić information content (AvgIpc) is 3.12. The largest absolute Gasteiger partial charge is 0.480 e. The Morgan fingerprint density at radius 2 is 1.55 bits per heavy atom.